The van der Waals surface area contributed by atoms with Gasteiger partial charge in [0.15, 0.2) is 5.82 Å². The number of nitrogens with zero attached hydrogens (tertiary/aromatic N) is 3. The van der Waals surface area contributed by atoms with Crippen molar-refractivity contribution >= 4 is 29.0 Å². The highest BCUT2D eigenvalue weighted by Crippen LogP contribution is 2.31. The molecule has 2 aliphatic rings. The first-order valence-corrected chi connectivity index (χ1v) is 8.10. The van der Waals surface area contributed by atoms with Crippen LogP contribution in [0.1, 0.15) is 19.3 Å². The Morgan fingerprint density at radius 3 is 2.46 bits per heavy atom. The van der Waals surface area contributed by atoms with Gasteiger partial charge in [-0.2, -0.15) is 4.68 Å². The van der Waals surface area contributed by atoms with E-state index in [0.717, 1.165) is 23.6 Å². The third kappa shape index (κ3) is 2.78. The molecule has 1 atom stereocenters. The van der Waals surface area contributed by atoms with Gasteiger partial charge in [0.05, 0.1) is 5.39 Å². The molecule has 142 valence electrons. The van der Waals surface area contributed by atoms with Crippen LogP contribution in [0.3, 0.4) is 0 Å². The lowest BCUT2D eigenvalue weighted by atomic mass is 10.2. The number of hydrogen-bond donors (Lipinski definition) is 3. The average Bonchev–Trinajstić information content (AvgIpc) is 3.29. The van der Waals surface area contributed by atoms with Crippen molar-refractivity contribution in [3.05, 3.63) is 38.5 Å². The van der Waals surface area contributed by atoms with Crippen LogP contribution in [0.5, 0.6) is 0 Å². The Morgan fingerprint density at radius 2 is 1.88 bits per heavy atom. The normalized spacial score (nSPS) is 19.7. The van der Waals surface area contributed by atoms with E-state index < -0.39 is 22.9 Å². The molecule has 2 aromatic rings. The number of nitrogens with one attached hydrogen (secondary N) is 1. The van der Waals surface area contributed by atoms with Crippen LogP contribution in [0.4, 0.5) is 14.5 Å². The molecule has 1 aliphatic carbocycles. The highest BCUT2D eigenvalue weighted by Gasteiger charge is 2.30. The van der Waals surface area contributed by atoms with Gasteiger partial charge in [0.2, 0.25) is 0 Å². The third-order valence-electron chi connectivity index (χ3n) is 4.67. The summed E-state index contributed by atoms with van der Waals surface area (Å²) in [6.45, 7) is 0.697. The number of nitrogen functional groups attached to an aromatic ring is 1. The lowest BCUT2D eigenvalue weighted by molar-refractivity contribution is 0.576. The summed E-state index contributed by atoms with van der Waals surface area (Å²) in [7, 11) is 0. The molecule has 11 heteroatoms. The summed E-state index contributed by atoms with van der Waals surface area (Å²) in [5.74, 6) is 3.64. The third-order valence-corrected chi connectivity index (χ3v) is 4.67. The van der Waals surface area contributed by atoms with Gasteiger partial charge in [-0.1, -0.05) is 0 Å². The molecule has 4 rings (SSSR count). The van der Waals surface area contributed by atoms with Crippen LogP contribution in [-0.4, -0.2) is 34.5 Å². The second-order valence-corrected chi connectivity index (χ2v) is 6.61. The van der Waals surface area contributed by atoms with Crippen LogP contribution in [0.15, 0.2) is 15.7 Å². The molecule has 1 saturated carbocycles. The molecular formula is C15H19ClF2N6O2. The maximum absolute atomic E-state index is 15.2. The number of benzene rings is 1. The zero-order valence-electron chi connectivity index (χ0n) is 13.7. The summed E-state index contributed by atoms with van der Waals surface area (Å²) in [5, 5.41) is -0.294. The first-order chi connectivity index (χ1) is 11.9. The van der Waals surface area contributed by atoms with Gasteiger partial charge < -0.3 is 21.9 Å². The van der Waals surface area contributed by atoms with Crippen LogP contribution >= 0.6 is 12.4 Å². The monoisotopic (exact) mass is 388 g/mol. The molecule has 1 aromatic heterocycles. The van der Waals surface area contributed by atoms with Crippen LogP contribution in [0, 0.1) is 11.6 Å². The fourth-order valence-electron chi connectivity index (χ4n) is 3.20. The number of rotatable bonds is 3. The lowest BCUT2D eigenvalue weighted by Crippen LogP contribution is -2.48. The SMILES string of the molecule is Cl.N[C@H]1CCN(c2c(F)cc3c(=O)n(N)c(=O)n(NC4CC4)c3c2F)C1. The maximum atomic E-state index is 15.2. The molecule has 0 unspecified atom stereocenters. The highest BCUT2D eigenvalue weighted by atomic mass is 35.5. The summed E-state index contributed by atoms with van der Waals surface area (Å²) in [6.07, 6.45) is 2.23. The van der Waals surface area contributed by atoms with E-state index in [-0.39, 0.29) is 41.1 Å². The zero-order chi connectivity index (χ0) is 17.9. The van der Waals surface area contributed by atoms with Gasteiger partial charge in [-0.25, -0.2) is 18.3 Å². The second-order valence-electron chi connectivity index (χ2n) is 6.61. The van der Waals surface area contributed by atoms with Crippen molar-refractivity contribution in [2.24, 2.45) is 5.73 Å². The summed E-state index contributed by atoms with van der Waals surface area (Å²) < 4.78 is 31.0. The molecule has 0 spiro atoms. The molecule has 1 aromatic carbocycles. The molecule has 26 heavy (non-hydrogen) atoms. The van der Waals surface area contributed by atoms with Crippen molar-refractivity contribution in [2.75, 3.05) is 29.3 Å². The molecule has 5 N–H and O–H groups in total. The van der Waals surface area contributed by atoms with Crippen molar-refractivity contribution in [2.45, 2.75) is 31.3 Å². The Bertz CT molecular complexity index is 987. The van der Waals surface area contributed by atoms with E-state index in [4.69, 9.17) is 11.6 Å². The maximum Gasteiger partial charge on any atom is 0.368 e. The van der Waals surface area contributed by atoms with Gasteiger partial charge in [-0.15, -0.1) is 12.4 Å². The summed E-state index contributed by atoms with van der Waals surface area (Å²) in [6, 6.07) is 0.734. The molecule has 1 aliphatic heterocycles. The number of hydrogen-bond acceptors (Lipinski definition) is 6. The van der Waals surface area contributed by atoms with Crippen molar-refractivity contribution in [1.29, 1.82) is 0 Å². The largest absolute Gasteiger partial charge is 0.368 e. The number of halogens is 3. The van der Waals surface area contributed by atoms with Gasteiger partial charge in [0.25, 0.3) is 5.56 Å². The first kappa shape index (κ1) is 18.5. The summed E-state index contributed by atoms with van der Waals surface area (Å²) in [4.78, 5) is 26.0. The van der Waals surface area contributed by atoms with Crippen molar-refractivity contribution in [3.63, 3.8) is 0 Å². The van der Waals surface area contributed by atoms with Gasteiger partial charge in [-0.05, 0) is 25.3 Å². The predicted molar refractivity (Wildman–Crippen MR) is 97.0 cm³/mol. The van der Waals surface area contributed by atoms with Crippen LogP contribution in [0.2, 0.25) is 0 Å². The summed E-state index contributed by atoms with van der Waals surface area (Å²) in [5.41, 5.74) is 6.24. The Hall–Kier alpha value is -2.33. The van der Waals surface area contributed by atoms with Gasteiger partial charge in [0, 0.05) is 25.2 Å². The van der Waals surface area contributed by atoms with Crippen LogP contribution < -0.4 is 33.2 Å². The first-order valence-electron chi connectivity index (χ1n) is 8.10. The lowest BCUT2D eigenvalue weighted by Gasteiger charge is -2.22. The Kier molecular flexibility index (Phi) is 4.57. The minimum atomic E-state index is -0.966. The van der Waals surface area contributed by atoms with E-state index in [2.05, 4.69) is 5.43 Å². The van der Waals surface area contributed by atoms with E-state index in [9.17, 15) is 14.0 Å². The molecule has 0 radical (unpaired) electrons. The summed E-state index contributed by atoms with van der Waals surface area (Å²) >= 11 is 0. The quantitative estimate of drug-likeness (QED) is 0.629. The Morgan fingerprint density at radius 1 is 1.19 bits per heavy atom. The van der Waals surface area contributed by atoms with E-state index in [0.29, 0.717) is 24.2 Å². The molecule has 2 fully saturated rings. The minimum Gasteiger partial charge on any atom is -0.365 e. The molecule has 0 amide bonds. The number of nitrogens with two attached hydrogens (primary N) is 2. The van der Waals surface area contributed by atoms with Crippen molar-refractivity contribution in [1.82, 2.24) is 9.35 Å². The number of fused-ring (bicyclic) bond motifs is 1. The van der Waals surface area contributed by atoms with E-state index in [1.165, 1.54) is 4.90 Å². The molecule has 0 bridgehead atoms. The molecule has 8 nitrogen and oxygen atoms in total. The fourth-order valence-corrected chi connectivity index (χ4v) is 3.20. The Balaban J connectivity index is 0.00000196. The number of aromatic nitrogens is 2. The van der Waals surface area contributed by atoms with Gasteiger partial charge in [-0.3, -0.25) is 4.79 Å². The number of anilines is 1. The van der Waals surface area contributed by atoms with Crippen LogP contribution in [-0.2, 0) is 0 Å². The standard InChI is InChI=1S/C15H18F2N6O2.ClH/c16-10-5-9-12(11(17)13(10)21-4-3-7(18)6-21)23(20-8-1-2-8)15(25)22(19)14(9)24;/h5,7-8,20H,1-4,6,18-19H2;1H/t7-;/m0./s1. The van der Waals surface area contributed by atoms with E-state index >= 15 is 4.39 Å². The van der Waals surface area contributed by atoms with E-state index in [1.807, 2.05) is 0 Å². The van der Waals surface area contributed by atoms with Gasteiger partial charge >= 0.3 is 5.69 Å². The average molecular weight is 389 g/mol. The van der Waals surface area contributed by atoms with Crippen LogP contribution in [0.25, 0.3) is 10.9 Å². The topological polar surface area (TPSA) is 111 Å². The predicted octanol–water partition coefficient (Wildman–Crippen LogP) is -0.180. The van der Waals surface area contributed by atoms with Gasteiger partial charge in [0.1, 0.15) is 17.0 Å². The minimum absolute atomic E-state index is 0. The second kappa shape index (κ2) is 6.44. The molecule has 2 heterocycles. The zero-order valence-corrected chi connectivity index (χ0v) is 14.6. The smallest absolute Gasteiger partial charge is 0.365 e. The van der Waals surface area contributed by atoms with E-state index in [1.54, 1.807) is 0 Å². The van der Waals surface area contributed by atoms with Crippen molar-refractivity contribution < 1.29 is 8.78 Å². The molecule has 1 saturated heterocycles. The van der Waals surface area contributed by atoms with Crippen molar-refractivity contribution in [3.8, 4) is 0 Å². The fraction of sp³-hybridized carbons (Fsp3) is 0.467. The Labute approximate surface area is 152 Å². The molecular weight excluding hydrogens is 370 g/mol. The highest BCUT2D eigenvalue weighted by molar-refractivity contribution is 5.85.